The summed E-state index contributed by atoms with van der Waals surface area (Å²) >= 11 is 0. The summed E-state index contributed by atoms with van der Waals surface area (Å²) in [6.07, 6.45) is 2.43. The molecule has 60 valence electrons. The van der Waals surface area contributed by atoms with Crippen LogP contribution >= 0.6 is 0 Å². The van der Waals surface area contributed by atoms with Crippen molar-refractivity contribution in [2.75, 3.05) is 19.7 Å². The molecule has 0 aliphatic carbocycles. The van der Waals surface area contributed by atoms with Crippen molar-refractivity contribution in [3.8, 4) is 0 Å². The predicted octanol–water partition coefficient (Wildman–Crippen LogP) is 0.361. The maximum atomic E-state index is 5.60. The largest absolute Gasteiger partial charge is 0.327 e. The number of hydroxylamine groups is 2. The molecule has 2 N–H and O–H groups in total. The summed E-state index contributed by atoms with van der Waals surface area (Å²) in [4.78, 5) is 5.34. The van der Waals surface area contributed by atoms with Crippen molar-refractivity contribution >= 4 is 0 Å². The highest BCUT2D eigenvalue weighted by Gasteiger charge is 2.11. The van der Waals surface area contributed by atoms with Crippen LogP contribution in [0.5, 0.6) is 0 Å². The van der Waals surface area contributed by atoms with Gasteiger partial charge in [-0.05, 0) is 19.8 Å². The molecule has 0 radical (unpaired) electrons. The van der Waals surface area contributed by atoms with Crippen molar-refractivity contribution in [2.24, 2.45) is 5.73 Å². The Kier molecular flexibility index (Phi) is 3.12. The van der Waals surface area contributed by atoms with Crippen LogP contribution < -0.4 is 5.73 Å². The van der Waals surface area contributed by atoms with Gasteiger partial charge in [-0.15, -0.1) is 0 Å². The second kappa shape index (κ2) is 3.91. The molecule has 3 heteroatoms. The third-order valence-electron chi connectivity index (χ3n) is 1.57. The van der Waals surface area contributed by atoms with Crippen molar-refractivity contribution in [2.45, 2.75) is 25.8 Å². The van der Waals surface area contributed by atoms with Crippen LogP contribution in [0.1, 0.15) is 19.8 Å². The lowest BCUT2D eigenvalue weighted by Crippen LogP contribution is -2.38. The lowest BCUT2D eigenvalue weighted by molar-refractivity contribution is -0.181. The van der Waals surface area contributed by atoms with Crippen LogP contribution in [0.2, 0.25) is 0 Å². The van der Waals surface area contributed by atoms with Crippen molar-refractivity contribution < 1.29 is 4.84 Å². The quantitative estimate of drug-likeness (QED) is 0.608. The second-order valence-electron chi connectivity index (χ2n) is 2.91. The fourth-order valence-corrected chi connectivity index (χ4v) is 1.11. The Balaban J connectivity index is 2.13. The van der Waals surface area contributed by atoms with Crippen LogP contribution in [0.15, 0.2) is 0 Å². The van der Waals surface area contributed by atoms with E-state index in [-0.39, 0.29) is 6.04 Å². The number of nitrogens with zero attached hydrogens (tertiary/aromatic N) is 1. The molecule has 1 aliphatic rings. The third-order valence-corrected chi connectivity index (χ3v) is 1.57. The van der Waals surface area contributed by atoms with Gasteiger partial charge in [-0.3, -0.25) is 4.84 Å². The Morgan fingerprint density at radius 3 is 2.90 bits per heavy atom. The standard InChI is InChI=1S/C7H16N2O/c1-7(8)6-9-4-2-3-5-10-9/h7H,2-6,8H2,1H3. The highest BCUT2D eigenvalue weighted by atomic mass is 16.7. The van der Waals surface area contributed by atoms with Crippen molar-refractivity contribution in [1.82, 2.24) is 5.06 Å². The Hall–Kier alpha value is -0.120. The van der Waals surface area contributed by atoms with E-state index in [1.807, 2.05) is 12.0 Å². The molecule has 0 aromatic carbocycles. The average molecular weight is 144 g/mol. The summed E-state index contributed by atoms with van der Waals surface area (Å²) in [6, 6.07) is 0.220. The predicted molar refractivity (Wildman–Crippen MR) is 40.4 cm³/mol. The van der Waals surface area contributed by atoms with Gasteiger partial charge in [0.15, 0.2) is 0 Å². The maximum Gasteiger partial charge on any atom is 0.0685 e. The molecular weight excluding hydrogens is 128 g/mol. The van der Waals surface area contributed by atoms with Crippen molar-refractivity contribution in [3.63, 3.8) is 0 Å². The van der Waals surface area contributed by atoms with E-state index in [0.29, 0.717) is 0 Å². The van der Waals surface area contributed by atoms with Gasteiger partial charge in [-0.1, -0.05) is 0 Å². The lowest BCUT2D eigenvalue weighted by atomic mass is 10.3. The van der Waals surface area contributed by atoms with E-state index in [9.17, 15) is 0 Å². The van der Waals surface area contributed by atoms with E-state index in [1.54, 1.807) is 0 Å². The van der Waals surface area contributed by atoms with Gasteiger partial charge in [0.05, 0.1) is 6.61 Å². The van der Waals surface area contributed by atoms with E-state index in [2.05, 4.69) is 0 Å². The summed E-state index contributed by atoms with van der Waals surface area (Å²) < 4.78 is 0. The van der Waals surface area contributed by atoms with Crippen LogP contribution in [0.25, 0.3) is 0 Å². The molecule has 1 heterocycles. The topological polar surface area (TPSA) is 38.5 Å². The average Bonchev–Trinajstić information content (AvgIpc) is 1.88. The van der Waals surface area contributed by atoms with Gasteiger partial charge in [-0.2, -0.15) is 5.06 Å². The zero-order valence-electron chi connectivity index (χ0n) is 6.55. The minimum Gasteiger partial charge on any atom is -0.327 e. The number of hydrogen-bond donors (Lipinski definition) is 1. The molecule has 1 fully saturated rings. The third kappa shape index (κ3) is 2.64. The van der Waals surface area contributed by atoms with Crippen LogP contribution in [0.4, 0.5) is 0 Å². The van der Waals surface area contributed by atoms with E-state index in [1.165, 1.54) is 12.8 Å². The molecule has 0 aromatic heterocycles. The molecule has 0 saturated carbocycles. The zero-order chi connectivity index (χ0) is 7.40. The van der Waals surface area contributed by atoms with Gasteiger partial charge in [0, 0.05) is 19.1 Å². The van der Waals surface area contributed by atoms with E-state index >= 15 is 0 Å². The number of hydrogen-bond acceptors (Lipinski definition) is 3. The first-order valence-electron chi connectivity index (χ1n) is 3.92. The first-order chi connectivity index (χ1) is 4.79. The minimum atomic E-state index is 0.220. The maximum absolute atomic E-state index is 5.60. The van der Waals surface area contributed by atoms with Crippen LogP contribution in [-0.2, 0) is 4.84 Å². The fraction of sp³-hybridized carbons (Fsp3) is 1.00. The molecule has 1 rings (SSSR count). The van der Waals surface area contributed by atoms with Crippen molar-refractivity contribution in [3.05, 3.63) is 0 Å². The van der Waals surface area contributed by atoms with Crippen molar-refractivity contribution in [1.29, 1.82) is 0 Å². The zero-order valence-corrected chi connectivity index (χ0v) is 6.55. The number of nitrogens with two attached hydrogens (primary N) is 1. The van der Waals surface area contributed by atoms with Crippen LogP contribution in [0, 0.1) is 0 Å². The summed E-state index contributed by atoms with van der Waals surface area (Å²) in [5.41, 5.74) is 5.60. The van der Waals surface area contributed by atoms with E-state index < -0.39 is 0 Å². The first-order valence-corrected chi connectivity index (χ1v) is 3.92. The monoisotopic (exact) mass is 144 g/mol. The summed E-state index contributed by atoms with van der Waals surface area (Å²) in [5.74, 6) is 0. The molecule has 0 spiro atoms. The van der Waals surface area contributed by atoms with Gasteiger partial charge in [0.25, 0.3) is 0 Å². The molecule has 0 aromatic rings. The number of rotatable bonds is 2. The SMILES string of the molecule is CC(N)CN1CCCCO1. The summed E-state index contributed by atoms with van der Waals surface area (Å²) in [6.45, 7) is 4.77. The second-order valence-corrected chi connectivity index (χ2v) is 2.91. The normalized spacial score (nSPS) is 24.6. The molecular formula is C7H16N2O. The van der Waals surface area contributed by atoms with Gasteiger partial charge < -0.3 is 5.73 Å². The Labute approximate surface area is 62.1 Å². The highest BCUT2D eigenvalue weighted by Crippen LogP contribution is 2.05. The molecule has 1 unspecified atom stereocenters. The fourth-order valence-electron chi connectivity index (χ4n) is 1.11. The van der Waals surface area contributed by atoms with Crippen LogP contribution in [0.3, 0.4) is 0 Å². The Morgan fingerprint density at radius 2 is 2.40 bits per heavy atom. The molecule has 10 heavy (non-hydrogen) atoms. The van der Waals surface area contributed by atoms with Gasteiger partial charge in [-0.25, -0.2) is 0 Å². The summed E-state index contributed by atoms with van der Waals surface area (Å²) in [7, 11) is 0. The molecule has 0 bridgehead atoms. The van der Waals surface area contributed by atoms with Crippen LogP contribution in [-0.4, -0.2) is 30.8 Å². The van der Waals surface area contributed by atoms with E-state index in [0.717, 1.165) is 19.7 Å². The Morgan fingerprint density at radius 1 is 1.60 bits per heavy atom. The lowest BCUT2D eigenvalue weighted by Gasteiger charge is -2.27. The molecule has 1 aliphatic heterocycles. The highest BCUT2D eigenvalue weighted by molar-refractivity contribution is 4.59. The molecule has 3 nitrogen and oxygen atoms in total. The molecule has 0 amide bonds. The van der Waals surface area contributed by atoms with Gasteiger partial charge in [0.2, 0.25) is 0 Å². The Bertz CT molecular complexity index is 89.6. The first kappa shape index (κ1) is 7.98. The van der Waals surface area contributed by atoms with Gasteiger partial charge >= 0.3 is 0 Å². The molecule has 1 saturated heterocycles. The minimum absolute atomic E-state index is 0.220. The summed E-state index contributed by atoms with van der Waals surface area (Å²) in [5, 5.41) is 1.97. The smallest absolute Gasteiger partial charge is 0.0685 e. The van der Waals surface area contributed by atoms with Gasteiger partial charge in [0.1, 0.15) is 0 Å². The molecule has 1 atom stereocenters. The van der Waals surface area contributed by atoms with E-state index in [4.69, 9.17) is 10.6 Å².